The van der Waals surface area contributed by atoms with E-state index in [0.29, 0.717) is 13.2 Å². The van der Waals surface area contributed by atoms with E-state index in [1.54, 1.807) is 7.11 Å². The van der Waals surface area contributed by atoms with Crippen LogP contribution in [0.3, 0.4) is 0 Å². The van der Waals surface area contributed by atoms with Crippen molar-refractivity contribution in [2.45, 2.75) is 33.7 Å². The summed E-state index contributed by atoms with van der Waals surface area (Å²) in [5.41, 5.74) is 3.24. The van der Waals surface area contributed by atoms with Gasteiger partial charge in [0.15, 0.2) is 0 Å². The molecule has 0 atom stereocenters. The van der Waals surface area contributed by atoms with Gasteiger partial charge in [0, 0.05) is 7.11 Å². The van der Waals surface area contributed by atoms with Gasteiger partial charge in [-0.2, -0.15) is 0 Å². The van der Waals surface area contributed by atoms with Crippen LogP contribution in [0.15, 0.2) is 18.2 Å². The Kier molecular flexibility index (Phi) is 5.11. The molecule has 0 saturated heterocycles. The third-order valence-corrected chi connectivity index (χ3v) is 4.14. The van der Waals surface area contributed by atoms with Gasteiger partial charge in [0.1, 0.15) is 17.4 Å². The molecule has 2 rings (SSSR count). The van der Waals surface area contributed by atoms with Crippen LogP contribution in [-0.2, 0) is 24.6 Å². The quantitative estimate of drug-likeness (QED) is 0.889. The Bertz CT molecular complexity index is 580. The maximum atomic E-state index is 9.28. The minimum Gasteiger partial charge on any atom is -0.486 e. The molecule has 20 heavy (non-hydrogen) atoms. The van der Waals surface area contributed by atoms with Crippen molar-refractivity contribution in [1.82, 2.24) is 4.98 Å². The molecular weight excluding hydrogens is 274 g/mol. The number of hydrogen-bond acceptors (Lipinski definition) is 5. The van der Waals surface area contributed by atoms with Crippen molar-refractivity contribution in [3.63, 3.8) is 0 Å². The number of ether oxygens (including phenoxy) is 2. The van der Waals surface area contributed by atoms with Gasteiger partial charge in [-0.3, -0.25) is 0 Å². The second kappa shape index (κ2) is 6.83. The Hall–Kier alpha value is -1.43. The predicted octanol–water partition coefficient (Wildman–Crippen LogP) is 2.98. The van der Waals surface area contributed by atoms with E-state index in [4.69, 9.17) is 9.47 Å². The molecule has 1 heterocycles. The summed E-state index contributed by atoms with van der Waals surface area (Å²) in [4.78, 5) is 5.27. The van der Waals surface area contributed by atoms with E-state index < -0.39 is 0 Å². The lowest BCUT2D eigenvalue weighted by atomic mass is 10.1. The molecule has 0 radical (unpaired) electrons. The Labute approximate surface area is 123 Å². The topological polar surface area (TPSA) is 51.6 Å². The molecule has 4 nitrogen and oxygen atoms in total. The molecule has 0 aliphatic heterocycles. The van der Waals surface area contributed by atoms with Crippen LogP contribution < -0.4 is 4.74 Å². The molecule has 0 amide bonds. The molecule has 108 valence electrons. The van der Waals surface area contributed by atoms with E-state index in [9.17, 15) is 5.11 Å². The van der Waals surface area contributed by atoms with E-state index in [-0.39, 0.29) is 6.61 Å². The summed E-state index contributed by atoms with van der Waals surface area (Å²) in [5.74, 6) is 0.835. The fourth-order valence-corrected chi connectivity index (χ4v) is 2.67. The smallest absolute Gasteiger partial charge is 0.140 e. The molecule has 2 aromatic rings. The first-order chi connectivity index (χ1) is 9.63. The summed E-state index contributed by atoms with van der Waals surface area (Å²) >= 11 is 1.46. The van der Waals surface area contributed by atoms with Gasteiger partial charge in [-0.15, -0.1) is 11.3 Å². The van der Waals surface area contributed by atoms with Crippen LogP contribution in [0.5, 0.6) is 5.75 Å². The number of nitrogens with zero attached hydrogens (tertiary/aromatic N) is 1. The first kappa shape index (κ1) is 15.0. The second-order valence-electron chi connectivity index (χ2n) is 4.60. The number of rotatable bonds is 6. The molecule has 0 aliphatic carbocycles. The first-order valence-electron chi connectivity index (χ1n) is 6.41. The lowest BCUT2D eigenvalue weighted by molar-refractivity contribution is 0.178. The SMILES string of the molecule is COCc1nc(COc2ccc(C)c(C)c2)sc1CO. The van der Waals surface area contributed by atoms with Gasteiger partial charge in [-0.25, -0.2) is 4.98 Å². The molecule has 0 unspecified atom stereocenters. The fourth-order valence-electron chi connectivity index (χ4n) is 1.82. The number of hydrogen-bond donors (Lipinski definition) is 1. The van der Waals surface area contributed by atoms with Gasteiger partial charge in [-0.05, 0) is 37.1 Å². The van der Waals surface area contributed by atoms with E-state index in [1.165, 1.54) is 22.5 Å². The highest BCUT2D eigenvalue weighted by Crippen LogP contribution is 2.22. The highest BCUT2D eigenvalue weighted by atomic mass is 32.1. The molecule has 1 aromatic carbocycles. The summed E-state index contributed by atoms with van der Waals surface area (Å²) < 4.78 is 10.8. The number of aliphatic hydroxyl groups is 1. The van der Waals surface area contributed by atoms with Gasteiger partial charge >= 0.3 is 0 Å². The Morgan fingerprint density at radius 1 is 1.20 bits per heavy atom. The monoisotopic (exact) mass is 293 g/mol. The molecule has 1 N–H and O–H groups in total. The molecule has 0 bridgehead atoms. The fraction of sp³-hybridized carbons (Fsp3) is 0.400. The Morgan fingerprint density at radius 2 is 2.00 bits per heavy atom. The van der Waals surface area contributed by atoms with E-state index in [2.05, 4.69) is 18.8 Å². The van der Waals surface area contributed by atoms with Gasteiger partial charge in [0.25, 0.3) is 0 Å². The van der Waals surface area contributed by atoms with Crippen LogP contribution in [0.25, 0.3) is 0 Å². The zero-order valence-corrected chi connectivity index (χ0v) is 12.8. The lowest BCUT2D eigenvalue weighted by Crippen LogP contribution is -1.97. The third kappa shape index (κ3) is 3.56. The van der Waals surface area contributed by atoms with Crippen molar-refractivity contribution in [1.29, 1.82) is 0 Å². The summed E-state index contributed by atoms with van der Waals surface area (Å²) in [7, 11) is 1.62. The van der Waals surface area contributed by atoms with Crippen LogP contribution in [0.4, 0.5) is 0 Å². The lowest BCUT2D eigenvalue weighted by Gasteiger charge is -2.06. The van der Waals surface area contributed by atoms with Gasteiger partial charge in [0.05, 0.1) is 23.8 Å². The van der Waals surface area contributed by atoms with Crippen molar-refractivity contribution >= 4 is 11.3 Å². The number of aromatic nitrogens is 1. The van der Waals surface area contributed by atoms with Crippen LogP contribution in [0, 0.1) is 13.8 Å². The Balaban J connectivity index is 2.04. The number of thiazole rings is 1. The normalized spacial score (nSPS) is 10.8. The van der Waals surface area contributed by atoms with E-state index in [1.807, 2.05) is 18.2 Å². The van der Waals surface area contributed by atoms with Crippen molar-refractivity contribution in [2.24, 2.45) is 0 Å². The molecule has 0 fully saturated rings. The summed E-state index contributed by atoms with van der Waals surface area (Å²) in [5, 5.41) is 10.1. The summed E-state index contributed by atoms with van der Waals surface area (Å²) in [6, 6.07) is 6.02. The number of methoxy groups -OCH3 is 1. The van der Waals surface area contributed by atoms with E-state index >= 15 is 0 Å². The standard InChI is InChI=1S/C15H19NO3S/c1-10-4-5-12(6-11(10)2)19-9-15-16-13(8-18-3)14(7-17)20-15/h4-6,17H,7-9H2,1-3H3. The van der Waals surface area contributed by atoms with Crippen molar-refractivity contribution in [2.75, 3.05) is 7.11 Å². The molecule has 5 heteroatoms. The molecule has 1 aromatic heterocycles. The van der Waals surface area contributed by atoms with Gasteiger partial charge < -0.3 is 14.6 Å². The van der Waals surface area contributed by atoms with Crippen molar-refractivity contribution in [3.8, 4) is 5.75 Å². The number of benzene rings is 1. The number of aliphatic hydroxyl groups excluding tert-OH is 1. The van der Waals surface area contributed by atoms with Crippen LogP contribution in [0.1, 0.15) is 26.7 Å². The molecule has 0 aliphatic rings. The Morgan fingerprint density at radius 3 is 2.65 bits per heavy atom. The maximum absolute atomic E-state index is 9.28. The molecule has 0 saturated carbocycles. The van der Waals surface area contributed by atoms with Crippen molar-refractivity contribution < 1.29 is 14.6 Å². The van der Waals surface area contributed by atoms with Crippen molar-refractivity contribution in [3.05, 3.63) is 44.9 Å². The zero-order chi connectivity index (χ0) is 14.5. The molecule has 0 spiro atoms. The first-order valence-corrected chi connectivity index (χ1v) is 7.23. The molecular formula is C15H19NO3S. The second-order valence-corrected chi connectivity index (χ2v) is 5.77. The number of aryl methyl sites for hydroxylation is 2. The van der Waals surface area contributed by atoms with Crippen LogP contribution in [0.2, 0.25) is 0 Å². The predicted molar refractivity (Wildman–Crippen MR) is 79.0 cm³/mol. The third-order valence-electron chi connectivity index (χ3n) is 3.09. The average Bonchev–Trinajstić information content (AvgIpc) is 2.83. The zero-order valence-electron chi connectivity index (χ0n) is 12.0. The average molecular weight is 293 g/mol. The summed E-state index contributed by atoms with van der Waals surface area (Å²) in [6.07, 6.45) is 0. The summed E-state index contributed by atoms with van der Waals surface area (Å²) in [6.45, 7) is 4.94. The largest absolute Gasteiger partial charge is 0.486 e. The van der Waals surface area contributed by atoms with E-state index in [0.717, 1.165) is 21.3 Å². The minimum atomic E-state index is -0.0139. The van der Waals surface area contributed by atoms with Gasteiger partial charge in [0.2, 0.25) is 0 Å². The van der Waals surface area contributed by atoms with Gasteiger partial charge in [-0.1, -0.05) is 6.07 Å². The highest BCUT2D eigenvalue weighted by molar-refractivity contribution is 7.11. The van der Waals surface area contributed by atoms with Crippen LogP contribution >= 0.6 is 11.3 Å². The highest BCUT2D eigenvalue weighted by Gasteiger charge is 2.10. The van der Waals surface area contributed by atoms with Crippen LogP contribution in [-0.4, -0.2) is 17.2 Å². The maximum Gasteiger partial charge on any atom is 0.140 e. The minimum absolute atomic E-state index is 0.0139.